The van der Waals surface area contributed by atoms with E-state index in [4.69, 9.17) is 0 Å². The fourth-order valence-corrected chi connectivity index (χ4v) is 1.99. The van der Waals surface area contributed by atoms with Crippen LogP contribution in [-0.4, -0.2) is 16.3 Å². The number of halogens is 1. The molecular weight excluding hydrogens is 276 g/mol. The van der Waals surface area contributed by atoms with Crippen LogP contribution < -0.4 is 0 Å². The van der Waals surface area contributed by atoms with E-state index < -0.39 is 0 Å². The zero-order valence-electron chi connectivity index (χ0n) is 7.59. The second-order valence-electron chi connectivity index (χ2n) is 2.75. The molecule has 0 aliphatic carbocycles. The lowest BCUT2D eigenvalue weighted by Gasteiger charge is -1.99. The normalized spacial score (nSPS) is 11.0. The van der Waals surface area contributed by atoms with Crippen LogP contribution in [0.1, 0.15) is 5.56 Å². The lowest BCUT2D eigenvalue weighted by Crippen LogP contribution is -1.83. The van der Waals surface area contributed by atoms with Gasteiger partial charge in [-0.2, -0.15) is 0 Å². The van der Waals surface area contributed by atoms with Crippen LogP contribution in [0.3, 0.4) is 0 Å². The molecule has 0 saturated carbocycles. The van der Waals surface area contributed by atoms with Gasteiger partial charge in [0.05, 0.1) is 0 Å². The maximum atomic E-state index is 9.58. The molecule has 1 aromatic carbocycles. The summed E-state index contributed by atoms with van der Waals surface area (Å²) < 4.78 is 0.808. The Morgan fingerprint density at radius 1 is 1.47 bits per heavy atom. The Kier molecular flexibility index (Phi) is 3.13. The van der Waals surface area contributed by atoms with Gasteiger partial charge in [0.15, 0.2) is 0 Å². The molecule has 0 atom stereocenters. The first-order chi connectivity index (χ1) is 7.27. The summed E-state index contributed by atoms with van der Waals surface area (Å²) in [6.45, 7) is 0. The van der Waals surface area contributed by atoms with Crippen LogP contribution in [0, 0.1) is 0 Å². The van der Waals surface area contributed by atoms with Gasteiger partial charge in [0, 0.05) is 27.8 Å². The van der Waals surface area contributed by atoms with Crippen molar-refractivity contribution < 1.29 is 5.11 Å². The summed E-state index contributed by atoms with van der Waals surface area (Å²) in [4.78, 5) is 8.16. The van der Waals surface area contributed by atoms with Gasteiger partial charge in [0.1, 0.15) is 5.75 Å². The Hall–Kier alpha value is -1.20. The second-order valence-corrected chi connectivity index (χ2v) is 4.47. The van der Waals surface area contributed by atoms with Crippen molar-refractivity contribution in [2.45, 2.75) is 0 Å². The van der Waals surface area contributed by atoms with Gasteiger partial charge in [-0.3, -0.25) is 0 Å². The van der Waals surface area contributed by atoms with Crippen molar-refractivity contribution >= 4 is 38.6 Å². The fraction of sp³-hybridized carbons (Fsp3) is 0. The SMILES string of the molecule is Oc1cccc(Br)c1C=Nc1nccs1. The quantitative estimate of drug-likeness (QED) is 0.859. The average molecular weight is 283 g/mol. The molecule has 2 aromatic rings. The molecule has 2 rings (SSSR count). The maximum absolute atomic E-state index is 9.58. The van der Waals surface area contributed by atoms with Crippen molar-refractivity contribution in [2.24, 2.45) is 4.99 Å². The van der Waals surface area contributed by atoms with Crippen LogP contribution >= 0.6 is 27.3 Å². The highest BCUT2D eigenvalue weighted by molar-refractivity contribution is 9.10. The summed E-state index contributed by atoms with van der Waals surface area (Å²) in [6, 6.07) is 5.23. The van der Waals surface area contributed by atoms with E-state index in [0.717, 1.165) is 4.47 Å². The standard InChI is InChI=1S/C10H7BrN2OS/c11-8-2-1-3-9(14)7(8)6-13-10-12-4-5-15-10/h1-6,14H. The highest BCUT2D eigenvalue weighted by atomic mass is 79.9. The number of nitrogens with zero attached hydrogens (tertiary/aromatic N) is 2. The van der Waals surface area contributed by atoms with Gasteiger partial charge in [-0.05, 0) is 28.1 Å². The Morgan fingerprint density at radius 2 is 2.33 bits per heavy atom. The van der Waals surface area contributed by atoms with Gasteiger partial charge in [-0.25, -0.2) is 9.98 Å². The van der Waals surface area contributed by atoms with Gasteiger partial charge >= 0.3 is 0 Å². The number of phenols is 1. The number of benzene rings is 1. The van der Waals surface area contributed by atoms with Crippen LogP contribution in [0.2, 0.25) is 0 Å². The lowest BCUT2D eigenvalue weighted by atomic mass is 10.2. The van der Waals surface area contributed by atoms with Crippen molar-refractivity contribution in [1.82, 2.24) is 4.98 Å². The molecule has 5 heteroatoms. The number of rotatable bonds is 2. The first-order valence-corrected chi connectivity index (χ1v) is 5.85. The third kappa shape index (κ3) is 2.43. The van der Waals surface area contributed by atoms with Gasteiger partial charge < -0.3 is 5.11 Å². The molecule has 0 fully saturated rings. The molecule has 0 amide bonds. The van der Waals surface area contributed by atoms with E-state index in [2.05, 4.69) is 25.9 Å². The Balaban J connectivity index is 2.32. The van der Waals surface area contributed by atoms with Gasteiger partial charge in [0.2, 0.25) is 5.13 Å². The summed E-state index contributed by atoms with van der Waals surface area (Å²) in [5.74, 6) is 0.199. The van der Waals surface area contributed by atoms with Gasteiger partial charge in [-0.1, -0.05) is 6.07 Å². The molecule has 0 spiro atoms. The smallest absolute Gasteiger partial charge is 0.209 e. The largest absolute Gasteiger partial charge is 0.507 e. The topological polar surface area (TPSA) is 45.5 Å². The highest BCUT2D eigenvalue weighted by Crippen LogP contribution is 2.24. The summed E-state index contributed by atoms with van der Waals surface area (Å²) in [5.41, 5.74) is 0.660. The summed E-state index contributed by atoms with van der Waals surface area (Å²) in [7, 11) is 0. The molecule has 0 bridgehead atoms. The molecule has 1 N–H and O–H groups in total. The Labute approximate surface area is 99.3 Å². The van der Waals surface area contributed by atoms with E-state index in [0.29, 0.717) is 10.7 Å². The number of hydrogen-bond donors (Lipinski definition) is 1. The van der Waals surface area contributed by atoms with Crippen LogP contribution in [0.15, 0.2) is 39.2 Å². The van der Waals surface area contributed by atoms with Crippen LogP contribution in [0.4, 0.5) is 5.13 Å². The molecule has 3 nitrogen and oxygen atoms in total. The zero-order chi connectivity index (χ0) is 10.7. The predicted octanol–water partition coefficient (Wildman–Crippen LogP) is 3.36. The minimum atomic E-state index is 0.199. The molecule has 0 unspecified atom stereocenters. The number of aliphatic imine (C=N–C) groups is 1. The van der Waals surface area contributed by atoms with Crippen molar-refractivity contribution in [1.29, 1.82) is 0 Å². The monoisotopic (exact) mass is 282 g/mol. The molecule has 1 heterocycles. The van der Waals surface area contributed by atoms with E-state index >= 15 is 0 Å². The summed E-state index contributed by atoms with van der Waals surface area (Å²) in [5, 5.41) is 12.1. The van der Waals surface area contributed by atoms with Crippen molar-refractivity contribution in [3.63, 3.8) is 0 Å². The molecule has 0 aliphatic rings. The second kappa shape index (κ2) is 4.55. The zero-order valence-corrected chi connectivity index (χ0v) is 9.99. The van der Waals surface area contributed by atoms with E-state index in [9.17, 15) is 5.11 Å². The fourth-order valence-electron chi connectivity index (χ4n) is 1.05. The lowest BCUT2D eigenvalue weighted by molar-refractivity contribution is 0.474. The summed E-state index contributed by atoms with van der Waals surface area (Å²) in [6.07, 6.45) is 3.29. The number of phenolic OH excluding ortho intramolecular Hbond substituents is 1. The third-order valence-electron chi connectivity index (χ3n) is 1.75. The summed E-state index contributed by atoms with van der Waals surface area (Å²) >= 11 is 4.79. The predicted molar refractivity (Wildman–Crippen MR) is 65.2 cm³/mol. The third-order valence-corrected chi connectivity index (χ3v) is 3.12. The number of aromatic hydroxyl groups is 1. The molecule has 1 aromatic heterocycles. The molecule has 0 saturated heterocycles. The van der Waals surface area contributed by atoms with E-state index in [1.54, 1.807) is 24.5 Å². The van der Waals surface area contributed by atoms with Crippen LogP contribution in [0.5, 0.6) is 5.75 Å². The number of hydrogen-bond acceptors (Lipinski definition) is 4. The Bertz CT molecular complexity index is 462. The minimum absolute atomic E-state index is 0.199. The van der Waals surface area contributed by atoms with Crippen molar-refractivity contribution in [2.75, 3.05) is 0 Å². The van der Waals surface area contributed by atoms with E-state index in [1.807, 2.05) is 11.4 Å². The molecule has 76 valence electrons. The minimum Gasteiger partial charge on any atom is -0.507 e. The molecular formula is C10H7BrN2OS. The van der Waals surface area contributed by atoms with Crippen molar-refractivity contribution in [3.8, 4) is 5.75 Å². The first-order valence-electron chi connectivity index (χ1n) is 4.18. The molecule has 15 heavy (non-hydrogen) atoms. The Morgan fingerprint density at radius 3 is 3.00 bits per heavy atom. The van der Waals surface area contributed by atoms with E-state index in [1.165, 1.54) is 11.3 Å². The van der Waals surface area contributed by atoms with Crippen LogP contribution in [-0.2, 0) is 0 Å². The molecule has 0 radical (unpaired) electrons. The van der Waals surface area contributed by atoms with Crippen molar-refractivity contribution in [3.05, 3.63) is 39.8 Å². The highest BCUT2D eigenvalue weighted by Gasteiger charge is 2.02. The van der Waals surface area contributed by atoms with E-state index in [-0.39, 0.29) is 5.75 Å². The maximum Gasteiger partial charge on any atom is 0.209 e. The average Bonchev–Trinajstić information content (AvgIpc) is 2.70. The first kappa shape index (κ1) is 10.3. The van der Waals surface area contributed by atoms with Gasteiger partial charge in [-0.15, -0.1) is 11.3 Å². The number of thiazole rings is 1. The van der Waals surface area contributed by atoms with Crippen LogP contribution in [0.25, 0.3) is 0 Å². The molecule has 0 aliphatic heterocycles. The van der Waals surface area contributed by atoms with Gasteiger partial charge in [0.25, 0.3) is 0 Å². The number of aromatic nitrogens is 1.